The van der Waals surface area contributed by atoms with Crippen molar-refractivity contribution in [3.8, 4) is 23.2 Å². The van der Waals surface area contributed by atoms with Crippen LogP contribution in [0.2, 0.25) is 0 Å². The second-order valence-electron chi connectivity index (χ2n) is 4.89. The Bertz CT molecular complexity index is 643. The summed E-state index contributed by atoms with van der Waals surface area (Å²) in [7, 11) is 1.64. The molecule has 0 fully saturated rings. The van der Waals surface area contributed by atoms with Crippen molar-refractivity contribution in [2.24, 2.45) is 0 Å². The lowest BCUT2D eigenvalue weighted by Crippen LogP contribution is -2.06. The summed E-state index contributed by atoms with van der Waals surface area (Å²) < 4.78 is 7.23. The summed E-state index contributed by atoms with van der Waals surface area (Å²) >= 11 is 1.43. The first-order valence-electron chi connectivity index (χ1n) is 6.72. The molecule has 6 heteroatoms. The number of rotatable bonds is 5. The van der Waals surface area contributed by atoms with E-state index in [0.717, 1.165) is 22.3 Å². The molecule has 0 radical (unpaired) electrons. The van der Waals surface area contributed by atoms with E-state index in [0.29, 0.717) is 0 Å². The largest absolute Gasteiger partial charge is 0.497 e. The van der Waals surface area contributed by atoms with Crippen molar-refractivity contribution < 1.29 is 4.74 Å². The topological polar surface area (TPSA) is 63.7 Å². The summed E-state index contributed by atoms with van der Waals surface area (Å²) in [6.07, 6.45) is 0. The fourth-order valence-electron chi connectivity index (χ4n) is 1.94. The van der Waals surface area contributed by atoms with E-state index in [-0.39, 0.29) is 11.3 Å². The average Bonchev–Trinajstić information content (AvgIpc) is 2.91. The molecule has 2 aromatic rings. The van der Waals surface area contributed by atoms with Crippen LogP contribution in [-0.4, -0.2) is 27.1 Å². The quantitative estimate of drug-likeness (QED) is 0.790. The lowest BCUT2D eigenvalue weighted by Gasteiger charge is -2.14. The van der Waals surface area contributed by atoms with Gasteiger partial charge >= 0.3 is 0 Å². The molecule has 110 valence electrons. The Balaban J connectivity index is 2.41. The molecule has 0 saturated carbocycles. The van der Waals surface area contributed by atoms with Crippen LogP contribution in [0.3, 0.4) is 0 Å². The van der Waals surface area contributed by atoms with Crippen LogP contribution in [0.15, 0.2) is 29.4 Å². The van der Waals surface area contributed by atoms with Gasteiger partial charge in [-0.15, -0.1) is 10.2 Å². The molecule has 1 atom stereocenters. The number of methoxy groups -OCH3 is 1. The van der Waals surface area contributed by atoms with Crippen molar-refractivity contribution in [3.63, 3.8) is 0 Å². The summed E-state index contributed by atoms with van der Waals surface area (Å²) in [6.45, 7) is 6.02. The second-order valence-corrected chi connectivity index (χ2v) is 6.20. The van der Waals surface area contributed by atoms with E-state index in [1.54, 1.807) is 7.11 Å². The van der Waals surface area contributed by atoms with E-state index in [1.165, 1.54) is 11.8 Å². The van der Waals surface area contributed by atoms with Gasteiger partial charge in [-0.3, -0.25) is 4.57 Å². The maximum absolute atomic E-state index is 8.96. The number of hydrogen-bond donors (Lipinski definition) is 0. The third kappa shape index (κ3) is 3.37. The van der Waals surface area contributed by atoms with E-state index >= 15 is 0 Å². The Kier molecular flexibility index (Phi) is 4.86. The number of thioether (sulfide) groups is 1. The number of hydrogen-bond acceptors (Lipinski definition) is 5. The molecule has 0 aliphatic carbocycles. The van der Waals surface area contributed by atoms with Gasteiger partial charge in [0.1, 0.15) is 5.75 Å². The first kappa shape index (κ1) is 15.4. The minimum Gasteiger partial charge on any atom is -0.497 e. The van der Waals surface area contributed by atoms with Crippen LogP contribution in [0.1, 0.15) is 26.8 Å². The Labute approximate surface area is 128 Å². The van der Waals surface area contributed by atoms with Crippen LogP contribution in [0.5, 0.6) is 5.75 Å². The zero-order valence-electron chi connectivity index (χ0n) is 12.6. The van der Waals surface area contributed by atoms with Crippen molar-refractivity contribution in [2.45, 2.75) is 37.2 Å². The zero-order valence-corrected chi connectivity index (χ0v) is 13.4. The monoisotopic (exact) mass is 302 g/mol. The third-order valence-corrected chi connectivity index (χ3v) is 3.94. The van der Waals surface area contributed by atoms with E-state index < -0.39 is 0 Å². The molecule has 1 heterocycles. The van der Waals surface area contributed by atoms with Crippen LogP contribution in [0, 0.1) is 11.3 Å². The van der Waals surface area contributed by atoms with Gasteiger partial charge in [0, 0.05) is 11.6 Å². The van der Waals surface area contributed by atoms with Crippen molar-refractivity contribution in [1.29, 1.82) is 5.26 Å². The summed E-state index contributed by atoms with van der Waals surface area (Å²) in [5.41, 5.74) is 0.980. The smallest absolute Gasteiger partial charge is 0.193 e. The zero-order chi connectivity index (χ0) is 15.4. The lowest BCUT2D eigenvalue weighted by molar-refractivity contribution is 0.415. The SMILES string of the molecule is COc1ccc(-c2nnc(SC(C)C#N)n2C(C)C)cc1. The minimum atomic E-state index is -0.157. The molecule has 2 rings (SSSR count). The van der Waals surface area contributed by atoms with Gasteiger partial charge in [-0.25, -0.2) is 0 Å². The Morgan fingerprint density at radius 2 is 1.86 bits per heavy atom. The highest BCUT2D eigenvalue weighted by molar-refractivity contribution is 8.00. The van der Waals surface area contributed by atoms with Gasteiger partial charge in [0.05, 0.1) is 18.4 Å². The highest BCUT2D eigenvalue weighted by atomic mass is 32.2. The molecule has 0 N–H and O–H groups in total. The first-order chi connectivity index (χ1) is 10.1. The van der Waals surface area contributed by atoms with Gasteiger partial charge < -0.3 is 4.74 Å². The molecule has 0 saturated heterocycles. The van der Waals surface area contributed by atoms with Crippen molar-refractivity contribution in [1.82, 2.24) is 14.8 Å². The van der Waals surface area contributed by atoms with E-state index in [2.05, 4.69) is 34.7 Å². The number of benzene rings is 1. The molecule has 0 amide bonds. The fraction of sp³-hybridized carbons (Fsp3) is 0.400. The molecule has 0 spiro atoms. The standard InChI is InChI=1S/C15H18N4OS/c1-10(2)19-14(12-5-7-13(20-4)8-6-12)17-18-15(19)21-11(3)9-16/h5-8,10-11H,1-4H3. The Morgan fingerprint density at radius 1 is 1.19 bits per heavy atom. The number of aromatic nitrogens is 3. The summed E-state index contributed by atoms with van der Waals surface area (Å²) in [4.78, 5) is 0. The van der Waals surface area contributed by atoms with Crippen LogP contribution in [0.4, 0.5) is 0 Å². The number of nitrogens with zero attached hydrogens (tertiary/aromatic N) is 4. The summed E-state index contributed by atoms with van der Waals surface area (Å²) in [6, 6.07) is 10.2. The Hall–Kier alpha value is -2.00. The predicted molar refractivity (Wildman–Crippen MR) is 83.3 cm³/mol. The minimum absolute atomic E-state index is 0.157. The van der Waals surface area contributed by atoms with Gasteiger partial charge in [0.25, 0.3) is 0 Å². The van der Waals surface area contributed by atoms with Crippen molar-refractivity contribution in [2.75, 3.05) is 7.11 Å². The maximum atomic E-state index is 8.96. The molecule has 1 aromatic carbocycles. The molecular formula is C15H18N4OS. The fourth-order valence-corrected chi connectivity index (χ4v) is 2.81. The molecule has 5 nitrogen and oxygen atoms in total. The van der Waals surface area contributed by atoms with Crippen LogP contribution in [0.25, 0.3) is 11.4 Å². The molecule has 0 bridgehead atoms. The van der Waals surface area contributed by atoms with Crippen molar-refractivity contribution >= 4 is 11.8 Å². The highest BCUT2D eigenvalue weighted by Gasteiger charge is 2.18. The van der Waals surface area contributed by atoms with Crippen LogP contribution >= 0.6 is 11.8 Å². The van der Waals surface area contributed by atoms with Gasteiger partial charge in [0.15, 0.2) is 11.0 Å². The van der Waals surface area contributed by atoms with E-state index in [4.69, 9.17) is 10.00 Å². The van der Waals surface area contributed by atoms with Gasteiger partial charge in [0.2, 0.25) is 0 Å². The average molecular weight is 302 g/mol. The molecule has 0 aliphatic rings. The normalized spacial score (nSPS) is 12.2. The van der Waals surface area contributed by atoms with Crippen LogP contribution in [-0.2, 0) is 0 Å². The highest BCUT2D eigenvalue weighted by Crippen LogP contribution is 2.30. The molecule has 1 aromatic heterocycles. The summed E-state index contributed by atoms with van der Waals surface area (Å²) in [5.74, 6) is 1.61. The van der Waals surface area contributed by atoms with Gasteiger partial charge in [-0.05, 0) is 45.0 Å². The van der Waals surface area contributed by atoms with Crippen molar-refractivity contribution in [3.05, 3.63) is 24.3 Å². The molecule has 21 heavy (non-hydrogen) atoms. The Morgan fingerprint density at radius 3 is 2.38 bits per heavy atom. The van der Waals surface area contributed by atoms with E-state index in [9.17, 15) is 0 Å². The summed E-state index contributed by atoms with van der Waals surface area (Å²) in [5, 5.41) is 18.1. The molecular weight excluding hydrogens is 284 g/mol. The third-order valence-electron chi connectivity index (χ3n) is 2.99. The predicted octanol–water partition coefficient (Wildman–Crippen LogP) is 3.54. The molecule has 1 unspecified atom stereocenters. The van der Waals surface area contributed by atoms with Crippen LogP contribution < -0.4 is 4.74 Å². The number of ether oxygens (including phenoxy) is 1. The second kappa shape index (κ2) is 6.64. The van der Waals surface area contributed by atoms with Gasteiger partial charge in [-0.2, -0.15) is 5.26 Å². The number of nitriles is 1. The molecule has 0 aliphatic heterocycles. The maximum Gasteiger partial charge on any atom is 0.193 e. The first-order valence-corrected chi connectivity index (χ1v) is 7.60. The van der Waals surface area contributed by atoms with Gasteiger partial charge in [-0.1, -0.05) is 11.8 Å². The van der Waals surface area contributed by atoms with E-state index in [1.807, 2.05) is 31.2 Å². The lowest BCUT2D eigenvalue weighted by atomic mass is 10.2.